The Labute approximate surface area is 116 Å². The maximum Gasteiger partial charge on any atom is 0.345 e. The molecular formula is C16H15FO3. The van der Waals surface area contributed by atoms with Crippen LogP contribution in [0.25, 0.3) is 0 Å². The summed E-state index contributed by atoms with van der Waals surface area (Å²) < 4.78 is 19.0. The van der Waals surface area contributed by atoms with Crippen molar-refractivity contribution >= 4 is 5.97 Å². The topological polar surface area (TPSA) is 46.5 Å². The molecule has 0 radical (unpaired) electrons. The quantitative estimate of drug-likeness (QED) is 0.910. The molecule has 1 atom stereocenters. The summed E-state index contributed by atoms with van der Waals surface area (Å²) in [5.41, 5.74) is 1.38. The highest BCUT2D eigenvalue weighted by Crippen LogP contribution is 2.17. The molecule has 0 bridgehead atoms. The molecule has 20 heavy (non-hydrogen) atoms. The van der Waals surface area contributed by atoms with E-state index in [1.807, 2.05) is 19.1 Å². The molecule has 2 rings (SSSR count). The summed E-state index contributed by atoms with van der Waals surface area (Å²) in [6.07, 6.45) is -1.13. The summed E-state index contributed by atoms with van der Waals surface area (Å²) in [4.78, 5) is 11.2. The number of hydrogen-bond acceptors (Lipinski definition) is 2. The van der Waals surface area contributed by atoms with Gasteiger partial charge in [-0.3, -0.25) is 0 Å². The summed E-state index contributed by atoms with van der Waals surface area (Å²) in [7, 11) is 0. The monoisotopic (exact) mass is 274 g/mol. The van der Waals surface area contributed by atoms with Gasteiger partial charge in [0.25, 0.3) is 0 Å². The number of hydrogen-bond donors (Lipinski definition) is 1. The molecule has 1 N–H and O–H groups in total. The Kier molecular flexibility index (Phi) is 4.35. The third kappa shape index (κ3) is 3.57. The van der Waals surface area contributed by atoms with Crippen molar-refractivity contribution in [1.29, 1.82) is 0 Å². The summed E-state index contributed by atoms with van der Waals surface area (Å²) >= 11 is 0. The van der Waals surface area contributed by atoms with Crippen LogP contribution in [0.5, 0.6) is 5.75 Å². The minimum absolute atomic E-state index is 0.0180. The number of carboxylic acids is 1. The molecule has 0 amide bonds. The molecule has 0 fully saturated rings. The molecular weight excluding hydrogens is 259 g/mol. The van der Waals surface area contributed by atoms with Crippen LogP contribution in [0.4, 0.5) is 4.39 Å². The molecule has 0 aromatic heterocycles. The van der Waals surface area contributed by atoms with Gasteiger partial charge in [0, 0.05) is 6.42 Å². The number of carbonyl (C=O) groups is 1. The van der Waals surface area contributed by atoms with Gasteiger partial charge in [0.1, 0.15) is 11.6 Å². The Morgan fingerprint density at radius 1 is 1.20 bits per heavy atom. The van der Waals surface area contributed by atoms with E-state index in [-0.39, 0.29) is 6.42 Å². The third-order valence-corrected chi connectivity index (χ3v) is 2.94. The number of carboxylic acid groups (broad SMARTS) is 1. The lowest BCUT2D eigenvalue weighted by atomic mass is 10.1. The van der Waals surface area contributed by atoms with Crippen LogP contribution >= 0.6 is 0 Å². The first-order valence-corrected chi connectivity index (χ1v) is 6.26. The number of aliphatic carboxylic acids is 1. The van der Waals surface area contributed by atoms with Gasteiger partial charge in [-0.15, -0.1) is 0 Å². The minimum Gasteiger partial charge on any atom is -0.478 e. The van der Waals surface area contributed by atoms with Gasteiger partial charge in [-0.1, -0.05) is 35.9 Å². The lowest BCUT2D eigenvalue weighted by Crippen LogP contribution is -2.29. The molecule has 0 aliphatic rings. The number of ether oxygens (including phenoxy) is 1. The first kappa shape index (κ1) is 14.1. The minimum atomic E-state index is -1.12. The second-order valence-corrected chi connectivity index (χ2v) is 4.55. The van der Waals surface area contributed by atoms with Crippen molar-refractivity contribution in [2.45, 2.75) is 19.4 Å². The van der Waals surface area contributed by atoms with Crippen molar-refractivity contribution in [2.24, 2.45) is 0 Å². The number of benzene rings is 2. The fourth-order valence-electron chi connectivity index (χ4n) is 1.82. The van der Waals surface area contributed by atoms with E-state index in [0.29, 0.717) is 11.3 Å². The highest BCUT2D eigenvalue weighted by Gasteiger charge is 2.21. The summed E-state index contributed by atoms with van der Waals surface area (Å²) in [6, 6.07) is 13.2. The Morgan fingerprint density at radius 2 is 1.85 bits per heavy atom. The van der Waals surface area contributed by atoms with Crippen LogP contribution in [0.2, 0.25) is 0 Å². The van der Waals surface area contributed by atoms with Crippen LogP contribution in [-0.2, 0) is 11.2 Å². The molecule has 4 heteroatoms. The molecule has 0 saturated carbocycles. The Bertz CT molecular complexity index is 593. The smallest absolute Gasteiger partial charge is 0.345 e. The Balaban J connectivity index is 2.14. The standard InChI is InChI=1S/C16H15FO3/c1-11-6-8-13(9-7-11)20-15(16(18)19)10-12-4-2-3-5-14(12)17/h2-9,15H,10H2,1H3,(H,18,19). The van der Waals surface area contributed by atoms with E-state index < -0.39 is 17.9 Å². The van der Waals surface area contributed by atoms with Gasteiger partial charge in [-0.05, 0) is 30.7 Å². The van der Waals surface area contributed by atoms with Crippen LogP contribution in [-0.4, -0.2) is 17.2 Å². The van der Waals surface area contributed by atoms with E-state index in [9.17, 15) is 14.3 Å². The third-order valence-electron chi connectivity index (χ3n) is 2.94. The first-order chi connectivity index (χ1) is 9.56. The molecule has 0 saturated heterocycles. The zero-order valence-electron chi connectivity index (χ0n) is 11.0. The van der Waals surface area contributed by atoms with Crippen molar-refractivity contribution < 1.29 is 19.0 Å². The maximum absolute atomic E-state index is 13.6. The van der Waals surface area contributed by atoms with Gasteiger partial charge >= 0.3 is 5.97 Å². The molecule has 0 aliphatic carbocycles. The van der Waals surface area contributed by atoms with Crippen molar-refractivity contribution in [3.05, 3.63) is 65.5 Å². The number of halogens is 1. The van der Waals surface area contributed by atoms with Gasteiger partial charge in [-0.2, -0.15) is 0 Å². The SMILES string of the molecule is Cc1ccc(OC(Cc2ccccc2F)C(=O)O)cc1. The van der Waals surface area contributed by atoms with Crippen molar-refractivity contribution in [3.8, 4) is 5.75 Å². The van der Waals surface area contributed by atoms with E-state index in [2.05, 4.69) is 0 Å². The Hall–Kier alpha value is -2.36. The number of aryl methyl sites for hydroxylation is 1. The highest BCUT2D eigenvalue weighted by atomic mass is 19.1. The van der Waals surface area contributed by atoms with Crippen molar-refractivity contribution in [2.75, 3.05) is 0 Å². The van der Waals surface area contributed by atoms with Crippen LogP contribution in [0.15, 0.2) is 48.5 Å². The van der Waals surface area contributed by atoms with Crippen LogP contribution in [0.1, 0.15) is 11.1 Å². The fraction of sp³-hybridized carbons (Fsp3) is 0.188. The second kappa shape index (κ2) is 6.19. The van der Waals surface area contributed by atoms with E-state index in [4.69, 9.17) is 4.74 Å². The van der Waals surface area contributed by atoms with Crippen LogP contribution < -0.4 is 4.74 Å². The molecule has 3 nitrogen and oxygen atoms in total. The normalized spacial score (nSPS) is 11.9. The summed E-state index contributed by atoms with van der Waals surface area (Å²) in [5.74, 6) is -1.08. The zero-order chi connectivity index (χ0) is 14.5. The van der Waals surface area contributed by atoms with Gasteiger partial charge < -0.3 is 9.84 Å². The van der Waals surface area contributed by atoms with Crippen LogP contribution in [0.3, 0.4) is 0 Å². The average Bonchev–Trinajstić information content (AvgIpc) is 2.42. The van der Waals surface area contributed by atoms with E-state index in [1.165, 1.54) is 6.07 Å². The highest BCUT2D eigenvalue weighted by molar-refractivity contribution is 5.73. The van der Waals surface area contributed by atoms with Gasteiger partial charge in [0.05, 0.1) is 0 Å². The maximum atomic E-state index is 13.6. The van der Waals surface area contributed by atoms with E-state index in [0.717, 1.165) is 5.56 Å². The first-order valence-electron chi connectivity index (χ1n) is 6.26. The van der Waals surface area contributed by atoms with Gasteiger partial charge in [0.2, 0.25) is 0 Å². The molecule has 0 heterocycles. The van der Waals surface area contributed by atoms with Crippen LogP contribution in [0, 0.1) is 12.7 Å². The second-order valence-electron chi connectivity index (χ2n) is 4.55. The van der Waals surface area contributed by atoms with Crippen molar-refractivity contribution in [1.82, 2.24) is 0 Å². The molecule has 1 unspecified atom stereocenters. The molecule has 0 spiro atoms. The molecule has 2 aromatic carbocycles. The Morgan fingerprint density at radius 3 is 2.45 bits per heavy atom. The summed E-state index contributed by atoms with van der Waals surface area (Å²) in [6.45, 7) is 1.93. The van der Waals surface area contributed by atoms with Crippen molar-refractivity contribution in [3.63, 3.8) is 0 Å². The predicted molar refractivity (Wildman–Crippen MR) is 73.3 cm³/mol. The zero-order valence-corrected chi connectivity index (χ0v) is 11.0. The van der Waals surface area contributed by atoms with Gasteiger partial charge in [0.15, 0.2) is 6.10 Å². The molecule has 0 aliphatic heterocycles. The average molecular weight is 274 g/mol. The fourth-order valence-corrected chi connectivity index (χ4v) is 1.82. The predicted octanol–water partition coefficient (Wildman–Crippen LogP) is 3.21. The lowest BCUT2D eigenvalue weighted by molar-refractivity contribution is -0.145. The summed E-state index contributed by atoms with van der Waals surface area (Å²) in [5, 5.41) is 9.19. The largest absolute Gasteiger partial charge is 0.478 e. The number of rotatable bonds is 5. The molecule has 104 valence electrons. The lowest BCUT2D eigenvalue weighted by Gasteiger charge is -2.15. The molecule has 2 aromatic rings. The van der Waals surface area contributed by atoms with Gasteiger partial charge in [-0.25, -0.2) is 9.18 Å². The van der Waals surface area contributed by atoms with E-state index in [1.54, 1.807) is 30.3 Å². The van der Waals surface area contributed by atoms with E-state index >= 15 is 0 Å².